The first-order chi connectivity index (χ1) is 8.16. The van der Waals surface area contributed by atoms with E-state index in [-0.39, 0.29) is 6.04 Å². The number of β-amino-alcohol motifs (C(OH)–C–C–N with tert-alkyl or cyclic N) is 1. The van der Waals surface area contributed by atoms with E-state index < -0.39 is 6.10 Å². The Balaban J connectivity index is 1.98. The number of hydrogen-bond acceptors (Lipinski definition) is 3. The molecule has 3 N–H and O–H groups in total. The maximum Gasteiger partial charge on any atom is 0.0820 e. The number of rotatable bonds is 2. The Morgan fingerprint density at radius 2 is 2.06 bits per heavy atom. The van der Waals surface area contributed by atoms with Crippen molar-refractivity contribution < 1.29 is 5.11 Å². The second-order valence-electron chi connectivity index (χ2n) is 5.13. The first kappa shape index (κ1) is 12.6. The zero-order valence-corrected chi connectivity index (χ0v) is 10.4. The molecule has 0 aliphatic carbocycles. The van der Waals surface area contributed by atoms with Crippen LogP contribution in [0.1, 0.15) is 18.9 Å². The second-order valence-corrected chi connectivity index (χ2v) is 5.13. The van der Waals surface area contributed by atoms with Gasteiger partial charge in [0.25, 0.3) is 0 Å². The summed E-state index contributed by atoms with van der Waals surface area (Å²) in [7, 11) is 0. The van der Waals surface area contributed by atoms with Crippen molar-refractivity contribution >= 4 is 0 Å². The van der Waals surface area contributed by atoms with E-state index in [1.54, 1.807) is 0 Å². The standard InChI is InChI=1S/C14H22N2O/c1-11-7-8-16(10-13(17)14(11)15)9-12-5-3-2-4-6-12/h2-6,11,13-14,17H,7-10,15H2,1H3/t11-,13-,14-/m1/s1. The monoisotopic (exact) mass is 234 g/mol. The molecule has 3 atom stereocenters. The number of likely N-dealkylation sites (tertiary alicyclic amines) is 1. The van der Waals surface area contributed by atoms with Gasteiger partial charge in [0, 0.05) is 19.1 Å². The summed E-state index contributed by atoms with van der Waals surface area (Å²) in [5.74, 6) is 0.394. The molecule has 1 aromatic carbocycles. The number of hydrogen-bond donors (Lipinski definition) is 2. The molecule has 0 amide bonds. The third kappa shape index (κ3) is 3.28. The number of nitrogens with two attached hydrogens (primary N) is 1. The van der Waals surface area contributed by atoms with Gasteiger partial charge in [0.1, 0.15) is 0 Å². The molecule has 17 heavy (non-hydrogen) atoms. The Bertz CT molecular complexity index is 341. The molecule has 1 heterocycles. The predicted octanol–water partition coefficient (Wildman–Crippen LogP) is 1.22. The third-order valence-electron chi connectivity index (χ3n) is 3.70. The van der Waals surface area contributed by atoms with Gasteiger partial charge in [0.05, 0.1) is 6.10 Å². The molecular formula is C14H22N2O. The molecule has 3 heteroatoms. The van der Waals surface area contributed by atoms with Gasteiger partial charge in [0.15, 0.2) is 0 Å². The molecule has 1 aromatic rings. The van der Waals surface area contributed by atoms with Gasteiger partial charge < -0.3 is 10.8 Å². The highest BCUT2D eigenvalue weighted by Gasteiger charge is 2.27. The summed E-state index contributed by atoms with van der Waals surface area (Å²) in [5, 5.41) is 10.0. The summed E-state index contributed by atoms with van der Waals surface area (Å²) in [6.07, 6.45) is 0.654. The van der Waals surface area contributed by atoms with Crippen LogP contribution in [0.3, 0.4) is 0 Å². The van der Waals surface area contributed by atoms with Crippen LogP contribution in [0.25, 0.3) is 0 Å². The van der Waals surface area contributed by atoms with E-state index in [0.717, 1.165) is 19.5 Å². The van der Waals surface area contributed by atoms with Crippen molar-refractivity contribution in [2.75, 3.05) is 13.1 Å². The lowest BCUT2D eigenvalue weighted by Gasteiger charge is -2.23. The Morgan fingerprint density at radius 1 is 1.35 bits per heavy atom. The smallest absolute Gasteiger partial charge is 0.0820 e. The molecule has 0 unspecified atom stereocenters. The van der Waals surface area contributed by atoms with Gasteiger partial charge in [-0.3, -0.25) is 4.90 Å². The fraction of sp³-hybridized carbons (Fsp3) is 0.571. The molecule has 2 rings (SSSR count). The minimum absolute atomic E-state index is 0.0872. The largest absolute Gasteiger partial charge is 0.390 e. The summed E-state index contributed by atoms with van der Waals surface area (Å²) in [4.78, 5) is 2.30. The molecule has 1 saturated heterocycles. The lowest BCUT2D eigenvalue weighted by molar-refractivity contribution is 0.0964. The van der Waals surface area contributed by atoms with E-state index in [1.807, 2.05) is 6.07 Å². The zero-order valence-electron chi connectivity index (χ0n) is 10.4. The molecule has 0 saturated carbocycles. The fourth-order valence-electron chi connectivity index (χ4n) is 2.42. The van der Waals surface area contributed by atoms with Gasteiger partial charge in [-0.25, -0.2) is 0 Å². The van der Waals surface area contributed by atoms with Crippen LogP contribution >= 0.6 is 0 Å². The number of nitrogens with zero attached hydrogens (tertiary/aromatic N) is 1. The minimum Gasteiger partial charge on any atom is -0.390 e. The average molecular weight is 234 g/mol. The van der Waals surface area contributed by atoms with Crippen LogP contribution in [0, 0.1) is 5.92 Å². The molecule has 0 aromatic heterocycles. The maximum atomic E-state index is 10.0. The normalized spacial score (nSPS) is 31.1. The molecule has 0 bridgehead atoms. The van der Waals surface area contributed by atoms with Crippen molar-refractivity contribution in [2.45, 2.75) is 32.0 Å². The number of aliphatic hydroxyl groups is 1. The van der Waals surface area contributed by atoms with Gasteiger partial charge in [0.2, 0.25) is 0 Å². The SMILES string of the molecule is C[C@@H]1CCN(Cc2ccccc2)C[C@@H](O)[C@@H]1N. The average Bonchev–Trinajstić information content (AvgIpc) is 2.45. The fourth-order valence-corrected chi connectivity index (χ4v) is 2.42. The van der Waals surface area contributed by atoms with Crippen molar-refractivity contribution in [3.05, 3.63) is 35.9 Å². The van der Waals surface area contributed by atoms with Crippen LogP contribution in [0.2, 0.25) is 0 Å². The van der Waals surface area contributed by atoms with Crippen LogP contribution in [0.5, 0.6) is 0 Å². The van der Waals surface area contributed by atoms with Gasteiger partial charge in [-0.2, -0.15) is 0 Å². The molecule has 3 nitrogen and oxygen atoms in total. The summed E-state index contributed by atoms with van der Waals surface area (Å²) < 4.78 is 0. The van der Waals surface area contributed by atoms with Crippen LogP contribution in [0.4, 0.5) is 0 Å². The highest BCUT2D eigenvalue weighted by Crippen LogP contribution is 2.18. The quantitative estimate of drug-likeness (QED) is 0.809. The molecule has 0 spiro atoms. The Hall–Kier alpha value is -0.900. The molecule has 0 radical (unpaired) electrons. The summed E-state index contributed by atoms with van der Waals surface area (Å²) in [5.41, 5.74) is 7.29. The molecule has 94 valence electrons. The molecule has 1 aliphatic rings. The van der Waals surface area contributed by atoms with Gasteiger partial charge in [-0.1, -0.05) is 37.3 Å². The third-order valence-corrected chi connectivity index (χ3v) is 3.70. The lowest BCUT2D eigenvalue weighted by atomic mass is 9.96. The first-order valence-electron chi connectivity index (χ1n) is 6.36. The van der Waals surface area contributed by atoms with Crippen molar-refractivity contribution in [1.82, 2.24) is 4.90 Å². The van der Waals surface area contributed by atoms with Gasteiger partial charge in [-0.15, -0.1) is 0 Å². The van der Waals surface area contributed by atoms with E-state index in [9.17, 15) is 5.11 Å². The Morgan fingerprint density at radius 3 is 2.76 bits per heavy atom. The van der Waals surface area contributed by atoms with Crippen LogP contribution in [-0.4, -0.2) is 35.2 Å². The Labute approximate surface area is 103 Å². The zero-order chi connectivity index (χ0) is 12.3. The summed E-state index contributed by atoms with van der Waals surface area (Å²) in [6.45, 7) is 4.72. The van der Waals surface area contributed by atoms with E-state index in [1.165, 1.54) is 5.56 Å². The second kappa shape index (κ2) is 5.63. The summed E-state index contributed by atoms with van der Waals surface area (Å²) in [6, 6.07) is 10.3. The van der Waals surface area contributed by atoms with E-state index >= 15 is 0 Å². The highest BCUT2D eigenvalue weighted by atomic mass is 16.3. The number of aliphatic hydroxyl groups excluding tert-OH is 1. The van der Waals surface area contributed by atoms with Gasteiger partial charge in [-0.05, 0) is 24.4 Å². The predicted molar refractivity (Wildman–Crippen MR) is 69.5 cm³/mol. The van der Waals surface area contributed by atoms with Crippen LogP contribution in [0.15, 0.2) is 30.3 Å². The highest BCUT2D eigenvalue weighted by molar-refractivity contribution is 5.14. The van der Waals surface area contributed by atoms with E-state index in [4.69, 9.17) is 5.73 Å². The van der Waals surface area contributed by atoms with Crippen molar-refractivity contribution in [1.29, 1.82) is 0 Å². The lowest BCUT2D eigenvalue weighted by Crippen LogP contribution is -2.43. The van der Waals surface area contributed by atoms with Crippen molar-refractivity contribution in [3.8, 4) is 0 Å². The van der Waals surface area contributed by atoms with Gasteiger partial charge >= 0.3 is 0 Å². The topological polar surface area (TPSA) is 49.5 Å². The van der Waals surface area contributed by atoms with Crippen molar-refractivity contribution in [3.63, 3.8) is 0 Å². The van der Waals surface area contributed by atoms with E-state index in [0.29, 0.717) is 12.5 Å². The first-order valence-corrected chi connectivity index (χ1v) is 6.36. The summed E-state index contributed by atoms with van der Waals surface area (Å²) >= 11 is 0. The van der Waals surface area contributed by atoms with Crippen molar-refractivity contribution in [2.24, 2.45) is 11.7 Å². The Kier molecular flexibility index (Phi) is 4.15. The van der Waals surface area contributed by atoms with Crippen LogP contribution < -0.4 is 5.73 Å². The molecule has 1 fully saturated rings. The molecular weight excluding hydrogens is 212 g/mol. The molecule has 1 aliphatic heterocycles. The minimum atomic E-state index is -0.406. The maximum absolute atomic E-state index is 10.0. The van der Waals surface area contributed by atoms with Crippen LogP contribution in [-0.2, 0) is 6.54 Å². The van der Waals surface area contributed by atoms with E-state index in [2.05, 4.69) is 36.1 Å². The number of benzene rings is 1.